The molecule has 0 aliphatic heterocycles. The highest BCUT2D eigenvalue weighted by molar-refractivity contribution is 5.94. The molecule has 4 rings (SSSR count). The molecular weight excluding hydrogens is 463 g/mol. The van der Waals surface area contributed by atoms with Crippen LogP contribution in [0.4, 0.5) is 4.39 Å². The van der Waals surface area contributed by atoms with Crippen molar-refractivity contribution in [1.82, 2.24) is 5.32 Å². The Balaban J connectivity index is 1.51. The van der Waals surface area contributed by atoms with Crippen LogP contribution in [0.5, 0.6) is 0 Å². The van der Waals surface area contributed by atoms with E-state index in [0.717, 1.165) is 28.7 Å². The highest BCUT2D eigenvalue weighted by atomic mass is 19.1. The number of hydrogen-bond donors (Lipinski definition) is 2. The van der Waals surface area contributed by atoms with Crippen LogP contribution in [-0.2, 0) is 12.8 Å². The first-order chi connectivity index (χ1) is 18.1. The largest absolute Gasteiger partial charge is 0.396 e. The van der Waals surface area contributed by atoms with Gasteiger partial charge in [-0.25, -0.2) is 4.39 Å². The van der Waals surface area contributed by atoms with Gasteiger partial charge in [0.25, 0.3) is 5.91 Å². The van der Waals surface area contributed by atoms with Crippen molar-refractivity contribution in [3.63, 3.8) is 0 Å². The number of halogens is 1. The van der Waals surface area contributed by atoms with Gasteiger partial charge in [-0.3, -0.25) is 4.79 Å². The highest BCUT2D eigenvalue weighted by Crippen LogP contribution is 2.22. The van der Waals surface area contributed by atoms with Crippen molar-refractivity contribution >= 4 is 5.91 Å². The molecule has 0 aliphatic carbocycles. The van der Waals surface area contributed by atoms with E-state index in [4.69, 9.17) is 0 Å². The van der Waals surface area contributed by atoms with Crippen LogP contribution in [0.2, 0.25) is 0 Å². The topological polar surface area (TPSA) is 73.1 Å². The van der Waals surface area contributed by atoms with E-state index in [-0.39, 0.29) is 30.3 Å². The first kappa shape index (κ1) is 25.8. The van der Waals surface area contributed by atoms with Crippen LogP contribution in [0.3, 0.4) is 0 Å². The van der Waals surface area contributed by atoms with Crippen LogP contribution in [0.1, 0.15) is 33.5 Å². The monoisotopic (exact) mass is 492 g/mol. The van der Waals surface area contributed by atoms with E-state index >= 15 is 0 Å². The zero-order chi connectivity index (χ0) is 26.0. The van der Waals surface area contributed by atoms with Crippen LogP contribution in [0, 0.1) is 23.1 Å². The van der Waals surface area contributed by atoms with Gasteiger partial charge in [0.15, 0.2) is 0 Å². The molecule has 4 nitrogen and oxygen atoms in total. The Morgan fingerprint density at radius 2 is 1.51 bits per heavy atom. The van der Waals surface area contributed by atoms with Gasteiger partial charge < -0.3 is 10.4 Å². The molecule has 0 aromatic heterocycles. The number of carbonyl (C=O) groups excluding carboxylic acids is 1. The first-order valence-electron chi connectivity index (χ1n) is 12.4. The molecule has 0 spiro atoms. The Morgan fingerprint density at radius 1 is 0.865 bits per heavy atom. The second-order valence-electron chi connectivity index (χ2n) is 9.15. The molecule has 37 heavy (non-hydrogen) atoms. The summed E-state index contributed by atoms with van der Waals surface area (Å²) < 4.78 is 13.2. The number of amides is 1. The summed E-state index contributed by atoms with van der Waals surface area (Å²) in [6.45, 7) is -0.0972. The molecule has 2 unspecified atom stereocenters. The third-order valence-electron chi connectivity index (χ3n) is 6.59. The number of aryl methyl sites for hydroxylation is 1. The van der Waals surface area contributed by atoms with E-state index in [0.29, 0.717) is 24.0 Å². The lowest BCUT2D eigenvalue weighted by Gasteiger charge is -2.27. The number of rotatable bonds is 10. The lowest BCUT2D eigenvalue weighted by molar-refractivity contribution is 0.0898. The van der Waals surface area contributed by atoms with Gasteiger partial charge in [0, 0.05) is 24.1 Å². The average molecular weight is 493 g/mol. The number of nitriles is 1. The van der Waals surface area contributed by atoms with Crippen molar-refractivity contribution in [2.75, 3.05) is 6.61 Å². The summed E-state index contributed by atoms with van der Waals surface area (Å²) in [5.41, 5.74) is 4.95. The molecule has 0 fully saturated rings. The third kappa shape index (κ3) is 7.13. The Labute approximate surface area is 217 Å². The quantitative estimate of drug-likeness (QED) is 0.287. The summed E-state index contributed by atoms with van der Waals surface area (Å²) in [5.74, 6) is -0.730. The molecule has 0 aliphatic rings. The molecule has 0 saturated heterocycles. The summed E-state index contributed by atoms with van der Waals surface area (Å²) in [6.07, 6.45) is 1.95. The van der Waals surface area contributed by atoms with Crippen LogP contribution in [-0.4, -0.2) is 23.7 Å². The van der Waals surface area contributed by atoms with Gasteiger partial charge in [-0.2, -0.15) is 5.26 Å². The van der Waals surface area contributed by atoms with Crippen LogP contribution in [0.25, 0.3) is 11.1 Å². The van der Waals surface area contributed by atoms with Crippen molar-refractivity contribution in [2.45, 2.75) is 25.3 Å². The SMILES string of the molecule is N#Cc1cccc(CC(CO)C(CCc2ccccc2)NC(=O)c2ccc(-c3ccc(F)cc3)cc2)c1. The predicted octanol–water partition coefficient (Wildman–Crippen LogP) is 5.95. The molecule has 2 N–H and O–H groups in total. The minimum absolute atomic E-state index is 0.0972. The van der Waals surface area contributed by atoms with E-state index < -0.39 is 0 Å². The molecule has 1 amide bonds. The van der Waals surface area contributed by atoms with Crippen LogP contribution < -0.4 is 5.32 Å². The Morgan fingerprint density at radius 3 is 2.16 bits per heavy atom. The maximum absolute atomic E-state index is 13.2. The van der Waals surface area contributed by atoms with Crippen molar-refractivity contribution in [3.8, 4) is 17.2 Å². The van der Waals surface area contributed by atoms with E-state index in [1.54, 1.807) is 30.3 Å². The fourth-order valence-electron chi connectivity index (χ4n) is 4.51. The smallest absolute Gasteiger partial charge is 0.251 e. The first-order valence-corrected chi connectivity index (χ1v) is 12.4. The number of nitrogens with one attached hydrogen (secondary N) is 1. The fraction of sp³-hybridized carbons (Fsp3) is 0.188. The van der Waals surface area contributed by atoms with E-state index in [9.17, 15) is 19.6 Å². The molecule has 4 aromatic rings. The molecule has 0 saturated carbocycles. The molecular formula is C32H29FN2O2. The van der Waals surface area contributed by atoms with E-state index in [2.05, 4.69) is 23.5 Å². The highest BCUT2D eigenvalue weighted by Gasteiger charge is 2.24. The lowest BCUT2D eigenvalue weighted by atomic mass is 9.88. The fourth-order valence-corrected chi connectivity index (χ4v) is 4.51. The maximum Gasteiger partial charge on any atom is 0.251 e. The maximum atomic E-state index is 13.2. The van der Waals surface area contributed by atoms with Crippen molar-refractivity contribution < 1.29 is 14.3 Å². The minimum Gasteiger partial charge on any atom is -0.396 e. The molecule has 2 atom stereocenters. The summed E-state index contributed by atoms with van der Waals surface area (Å²) in [4.78, 5) is 13.2. The summed E-state index contributed by atoms with van der Waals surface area (Å²) in [7, 11) is 0. The zero-order valence-electron chi connectivity index (χ0n) is 20.5. The van der Waals surface area contributed by atoms with Crippen molar-refractivity contribution in [2.24, 2.45) is 5.92 Å². The number of aliphatic hydroxyl groups is 1. The van der Waals surface area contributed by atoms with Crippen molar-refractivity contribution in [3.05, 3.63) is 131 Å². The molecule has 4 aromatic carbocycles. The standard InChI is InChI=1S/C32H29FN2O2/c33-30-16-14-27(15-17-30)26-10-12-28(13-11-26)32(37)35-31(18-9-23-5-2-1-3-6-23)29(22-36)20-24-7-4-8-25(19-24)21-34/h1-8,10-17,19,29,31,36H,9,18,20,22H2,(H,35,37). The Kier molecular flexibility index (Phi) is 8.80. The average Bonchev–Trinajstić information content (AvgIpc) is 2.95. The number of benzene rings is 4. The molecule has 186 valence electrons. The van der Waals surface area contributed by atoms with Gasteiger partial charge in [-0.1, -0.05) is 66.7 Å². The normalized spacial score (nSPS) is 12.4. The minimum atomic E-state index is -0.293. The molecule has 0 radical (unpaired) electrons. The van der Waals surface area contributed by atoms with Gasteiger partial charge >= 0.3 is 0 Å². The van der Waals surface area contributed by atoms with Gasteiger partial charge in [0.1, 0.15) is 5.82 Å². The van der Waals surface area contributed by atoms with E-state index in [1.165, 1.54) is 12.1 Å². The summed E-state index contributed by atoms with van der Waals surface area (Å²) in [5, 5.41) is 22.7. The molecule has 0 heterocycles. The van der Waals surface area contributed by atoms with Crippen molar-refractivity contribution in [1.29, 1.82) is 5.26 Å². The Bertz CT molecular complexity index is 1350. The zero-order valence-corrected chi connectivity index (χ0v) is 20.5. The number of hydrogen-bond acceptors (Lipinski definition) is 3. The predicted molar refractivity (Wildman–Crippen MR) is 143 cm³/mol. The number of aliphatic hydroxyl groups excluding tert-OH is 1. The van der Waals surface area contributed by atoms with E-state index in [1.807, 2.05) is 48.5 Å². The third-order valence-corrected chi connectivity index (χ3v) is 6.59. The molecule has 0 bridgehead atoms. The van der Waals surface area contributed by atoms with Crippen LogP contribution in [0.15, 0.2) is 103 Å². The van der Waals surface area contributed by atoms with Gasteiger partial charge in [-0.15, -0.1) is 0 Å². The second-order valence-corrected chi connectivity index (χ2v) is 9.15. The number of nitrogens with zero attached hydrogens (tertiary/aromatic N) is 1. The van der Waals surface area contributed by atoms with Gasteiger partial charge in [-0.05, 0) is 77.9 Å². The Hall–Kier alpha value is -4.27. The summed E-state index contributed by atoms with van der Waals surface area (Å²) in [6, 6.07) is 32.7. The van der Waals surface area contributed by atoms with Gasteiger partial charge in [0.2, 0.25) is 0 Å². The summed E-state index contributed by atoms with van der Waals surface area (Å²) >= 11 is 0. The molecule has 5 heteroatoms. The lowest BCUT2D eigenvalue weighted by Crippen LogP contribution is -2.43. The second kappa shape index (κ2) is 12.6. The van der Waals surface area contributed by atoms with Gasteiger partial charge in [0.05, 0.1) is 11.6 Å². The number of carbonyl (C=O) groups is 1. The van der Waals surface area contributed by atoms with Crippen LogP contribution >= 0.6 is 0 Å².